The summed E-state index contributed by atoms with van der Waals surface area (Å²) in [5.41, 5.74) is 1.06. The molecule has 2 unspecified atom stereocenters. The molecule has 0 radical (unpaired) electrons. The Morgan fingerprint density at radius 2 is 2.03 bits per heavy atom. The molecule has 1 amide bonds. The number of hydrogen-bond acceptors (Lipinski definition) is 4. The summed E-state index contributed by atoms with van der Waals surface area (Å²) in [5, 5.41) is 3.04. The van der Waals surface area contributed by atoms with Crippen molar-refractivity contribution < 1.29 is 22.7 Å². The van der Waals surface area contributed by atoms with Crippen LogP contribution in [0.1, 0.15) is 67.9 Å². The normalized spacial score (nSPS) is 20.7. The van der Waals surface area contributed by atoms with Gasteiger partial charge in [-0.2, -0.15) is 13.2 Å². The van der Waals surface area contributed by atoms with Crippen LogP contribution in [0.4, 0.5) is 13.2 Å². The molecule has 9 heteroatoms. The van der Waals surface area contributed by atoms with Crippen LogP contribution in [0.2, 0.25) is 0 Å². The minimum atomic E-state index is -4.48. The Bertz CT molecular complexity index is 807. The molecule has 29 heavy (non-hydrogen) atoms. The first-order chi connectivity index (χ1) is 13.5. The molecule has 3 rings (SSSR count). The number of rotatable bonds is 8. The smallest absolute Gasteiger partial charge is 0.425 e. The lowest BCUT2D eigenvalue weighted by Crippen LogP contribution is -2.49. The number of alkyl halides is 3. The molecular formula is C20H27F3N3O2P. The van der Waals surface area contributed by atoms with Crippen LogP contribution in [0.5, 0.6) is 5.75 Å². The van der Waals surface area contributed by atoms with Gasteiger partial charge >= 0.3 is 6.18 Å². The van der Waals surface area contributed by atoms with Crippen LogP contribution < -0.4 is 10.1 Å². The maximum absolute atomic E-state index is 13.0. The van der Waals surface area contributed by atoms with Gasteiger partial charge in [-0.15, -0.1) is 0 Å². The Hall–Kier alpha value is -1.69. The van der Waals surface area contributed by atoms with Crippen molar-refractivity contribution >= 4 is 20.6 Å². The first kappa shape index (κ1) is 22.0. The van der Waals surface area contributed by atoms with Crippen LogP contribution in [-0.2, 0) is 0 Å². The Balaban J connectivity index is 1.82. The highest BCUT2D eigenvalue weighted by Gasteiger charge is 2.43. The second-order valence-corrected chi connectivity index (χ2v) is 8.89. The summed E-state index contributed by atoms with van der Waals surface area (Å²) in [6.45, 7) is 2.94. The SMILES string of the molecule is CN=C(P)CC(C)(NC(=O)c1cc(O[C@@H](C)C(F)(F)F)c(C2CC2)cn1)C1CC1. The number of aliphatic imine (C=N–C) groups is 1. The third-order valence-electron chi connectivity index (χ3n) is 5.62. The number of amides is 1. The molecule has 0 aliphatic heterocycles. The predicted molar refractivity (Wildman–Crippen MR) is 109 cm³/mol. The summed E-state index contributed by atoms with van der Waals surface area (Å²) in [5.74, 6) is 0.162. The molecule has 0 aromatic carbocycles. The van der Waals surface area contributed by atoms with Gasteiger partial charge in [0.15, 0.2) is 6.10 Å². The van der Waals surface area contributed by atoms with Crippen molar-refractivity contribution in [3.05, 3.63) is 23.5 Å². The van der Waals surface area contributed by atoms with Crippen molar-refractivity contribution in [2.45, 2.75) is 69.7 Å². The largest absolute Gasteiger partial charge is 0.481 e. The minimum Gasteiger partial charge on any atom is -0.481 e. The average Bonchev–Trinajstić information content (AvgIpc) is 3.53. The molecule has 0 saturated heterocycles. The van der Waals surface area contributed by atoms with Crippen molar-refractivity contribution in [1.29, 1.82) is 0 Å². The van der Waals surface area contributed by atoms with Crippen molar-refractivity contribution in [1.82, 2.24) is 10.3 Å². The molecule has 1 aromatic heterocycles. The van der Waals surface area contributed by atoms with Crippen molar-refractivity contribution in [3.8, 4) is 5.75 Å². The highest BCUT2D eigenvalue weighted by atomic mass is 31.0. The molecule has 2 aliphatic rings. The monoisotopic (exact) mass is 429 g/mol. The lowest BCUT2D eigenvalue weighted by molar-refractivity contribution is -0.189. The number of pyridine rings is 1. The van der Waals surface area contributed by atoms with Gasteiger partial charge in [-0.3, -0.25) is 14.8 Å². The van der Waals surface area contributed by atoms with Gasteiger partial charge in [0.2, 0.25) is 0 Å². The summed E-state index contributed by atoms with van der Waals surface area (Å²) in [4.78, 5) is 21.3. The fraction of sp³-hybridized carbons (Fsp3) is 0.650. The zero-order valence-electron chi connectivity index (χ0n) is 16.8. The molecule has 2 fully saturated rings. The number of carbonyl (C=O) groups excluding carboxylic acids is 1. The highest BCUT2D eigenvalue weighted by molar-refractivity contribution is 7.40. The van der Waals surface area contributed by atoms with Crippen LogP contribution in [0.3, 0.4) is 0 Å². The van der Waals surface area contributed by atoms with E-state index in [1.807, 2.05) is 6.92 Å². The number of ether oxygens (including phenoxy) is 1. The van der Waals surface area contributed by atoms with Gasteiger partial charge in [0, 0.05) is 42.3 Å². The van der Waals surface area contributed by atoms with E-state index in [1.54, 1.807) is 7.05 Å². The molecule has 5 nitrogen and oxygen atoms in total. The topological polar surface area (TPSA) is 63.6 Å². The molecule has 2 aliphatic carbocycles. The molecule has 1 N–H and O–H groups in total. The number of halogens is 3. The molecule has 1 aromatic rings. The van der Waals surface area contributed by atoms with Crippen LogP contribution >= 0.6 is 9.24 Å². The summed E-state index contributed by atoms with van der Waals surface area (Å²) in [6, 6.07) is 1.34. The van der Waals surface area contributed by atoms with Crippen LogP contribution in [0.15, 0.2) is 17.3 Å². The molecule has 0 spiro atoms. The van der Waals surface area contributed by atoms with Gasteiger partial charge in [-0.1, -0.05) is 9.24 Å². The first-order valence-corrected chi connectivity index (χ1v) is 10.4. The van der Waals surface area contributed by atoms with Gasteiger partial charge in [0.05, 0.1) is 0 Å². The van der Waals surface area contributed by atoms with Crippen LogP contribution in [0, 0.1) is 5.92 Å². The number of hydrogen-bond donors (Lipinski definition) is 1. The van der Waals surface area contributed by atoms with E-state index < -0.39 is 23.7 Å². The van der Waals surface area contributed by atoms with Crippen LogP contribution in [0.25, 0.3) is 0 Å². The van der Waals surface area contributed by atoms with E-state index in [0.717, 1.165) is 38.1 Å². The third-order valence-corrected chi connectivity index (χ3v) is 6.08. The van der Waals surface area contributed by atoms with Gasteiger partial charge in [0.1, 0.15) is 11.4 Å². The fourth-order valence-corrected chi connectivity index (χ4v) is 3.85. The second kappa shape index (κ2) is 8.21. The van der Waals surface area contributed by atoms with Gasteiger partial charge in [0.25, 0.3) is 5.91 Å². The van der Waals surface area contributed by atoms with Crippen LogP contribution in [-0.4, -0.2) is 41.2 Å². The molecular weight excluding hydrogens is 402 g/mol. The standard InChI is InChI=1S/C20H27F3N3O2P/c1-11(20(21,22)23)28-16-8-15(25-10-14(16)12-4-5-12)18(27)26-19(2,13-6-7-13)9-17(29)24-3/h8,10-13H,4-7,9,29H2,1-3H3,(H,26,27)/t11-,19?/m0/s1. The number of carbonyl (C=O) groups is 1. The van der Waals surface area contributed by atoms with E-state index >= 15 is 0 Å². The Morgan fingerprint density at radius 3 is 2.55 bits per heavy atom. The molecule has 3 atom stereocenters. The Morgan fingerprint density at radius 1 is 1.38 bits per heavy atom. The van der Waals surface area contributed by atoms with Crippen molar-refractivity contribution in [2.24, 2.45) is 10.9 Å². The lowest BCUT2D eigenvalue weighted by atomic mass is 9.91. The number of aromatic nitrogens is 1. The number of nitrogens with one attached hydrogen (secondary N) is 1. The summed E-state index contributed by atoms with van der Waals surface area (Å²) in [7, 11) is 4.27. The zero-order chi connectivity index (χ0) is 21.4. The Kier molecular flexibility index (Phi) is 6.23. The van der Waals surface area contributed by atoms with Crippen molar-refractivity contribution in [2.75, 3.05) is 7.05 Å². The Labute approximate surface area is 171 Å². The maximum Gasteiger partial charge on any atom is 0.425 e. The average molecular weight is 429 g/mol. The van der Waals surface area contributed by atoms with E-state index in [1.165, 1.54) is 12.3 Å². The zero-order valence-corrected chi connectivity index (χ0v) is 18.0. The van der Waals surface area contributed by atoms with E-state index in [0.29, 0.717) is 17.9 Å². The highest BCUT2D eigenvalue weighted by Crippen LogP contribution is 2.45. The van der Waals surface area contributed by atoms with Crippen molar-refractivity contribution in [3.63, 3.8) is 0 Å². The van der Waals surface area contributed by atoms with E-state index in [9.17, 15) is 18.0 Å². The predicted octanol–water partition coefficient (Wildman–Crippen LogP) is 4.48. The summed E-state index contributed by atoms with van der Waals surface area (Å²) >= 11 is 0. The van der Waals surface area contributed by atoms with Gasteiger partial charge in [-0.25, -0.2) is 0 Å². The lowest BCUT2D eigenvalue weighted by Gasteiger charge is -2.31. The fourth-order valence-electron chi connectivity index (χ4n) is 3.42. The van der Waals surface area contributed by atoms with E-state index in [-0.39, 0.29) is 17.4 Å². The quantitative estimate of drug-likeness (QED) is 0.490. The molecule has 0 bridgehead atoms. The molecule has 2 saturated carbocycles. The third kappa shape index (κ3) is 5.47. The number of nitrogens with zero attached hydrogens (tertiary/aromatic N) is 2. The molecule has 1 heterocycles. The summed E-state index contributed by atoms with van der Waals surface area (Å²) < 4.78 is 44.2. The van der Waals surface area contributed by atoms with E-state index in [2.05, 4.69) is 24.5 Å². The molecule has 160 valence electrons. The first-order valence-electron chi connectivity index (χ1n) is 9.80. The second-order valence-electron chi connectivity index (χ2n) is 8.22. The summed E-state index contributed by atoms with van der Waals surface area (Å²) in [6.07, 6.45) is -0.573. The maximum atomic E-state index is 13.0. The van der Waals surface area contributed by atoms with Gasteiger partial charge < -0.3 is 10.1 Å². The van der Waals surface area contributed by atoms with Gasteiger partial charge in [-0.05, 0) is 51.4 Å². The van der Waals surface area contributed by atoms with E-state index in [4.69, 9.17) is 4.74 Å². The minimum absolute atomic E-state index is 0.0596.